The van der Waals surface area contributed by atoms with Gasteiger partial charge in [0.1, 0.15) is 11.3 Å². The van der Waals surface area contributed by atoms with Crippen LogP contribution in [0.2, 0.25) is 0 Å². The molecule has 1 aliphatic rings. The van der Waals surface area contributed by atoms with Crippen LogP contribution in [0.15, 0.2) is 18.2 Å². The highest BCUT2D eigenvalue weighted by Gasteiger charge is 2.47. The van der Waals surface area contributed by atoms with E-state index in [9.17, 15) is 9.59 Å². The van der Waals surface area contributed by atoms with Crippen LogP contribution in [0.1, 0.15) is 56.6 Å². The molecule has 5 nitrogen and oxygen atoms in total. The smallest absolute Gasteiger partial charge is 0.331 e. The van der Waals surface area contributed by atoms with E-state index >= 15 is 0 Å². The molecule has 138 valence electrons. The summed E-state index contributed by atoms with van der Waals surface area (Å²) in [4.78, 5) is 25.5. The second-order valence-electron chi connectivity index (χ2n) is 7.07. The van der Waals surface area contributed by atoms with Crippen LogP contribution in [0, 0.1) is 12.8 Å². The van der Waals surface area contributed by atoms with Crippen LogP contribution >= 0.6 is 0 Å². The topological polar surface area (TPSA) is 64.6 Å². The number of esters is 1. The predicted molar refractivity (Wildman–Crippen MR) is 96.7 cm³/mol. The molecule has 1 amide bonds. The second kappa shape index (κ2) is 7.89. The molecule has 0 aliphatic heterocycles. The lowest BCUT2D eigenvalue weighted by atomic mass is 9.73. The predicted octanol–water partition coefficient (Wildman–Crippen LogP) is 3.35. The van der Waals surface area contributed by atoms with E-state index in [4.69, 9.17) is 9.47 Å². The van der Waals surface area contributed by atoms with Gasteiger partial charge < -0.3 is 14.8 Å². The zero-order chi connectivity index (χ0) is 18.6. The number of carbonyl (C=O) groups excluding carboxylic acids is 2. The maximum absolute atomic E-state index is 13.0. The molecule has 1 aliphatic carbocycles. The van der Waals surface area contributed by atoms with E-state index in [0.717, 1.165) is 30.4 Å². The van der Waals surface area contributed by atoms with Crippen molar-refractivity contribution in [2.75, 3.05) is 14.2 Å². The van der Waals surface area contributed by atoms with Crippen molar-refractivity contribution in [1.82, 2.24) is 5.32 Å². The Morgan fingerprint density at radius 2 is 2.00 bits per heavy atom. The fraction of sp³-hybridized carbons (Fsp3) is 0.600. The second-order valence-corrected chi connectivity index (χ2v) is 7.07. The third-order valence-corrected chi connectivity index (χ3v) is 5.44. The summed E-state index contributed by atoms with van der Waals surface area (Å²) >= 11 is 0. The zero-order valence-electron chi connectivity index (χ0n) is 15.8. The first-order chi connectivity index (χ1) is 11.9. The van der Waals surface area contributed by atoms with Crippen molar-refractivity contribution in [3.05, 3.63) is 29.3 Å². The number of rotatable bonds is 5. The Hall–Kier alpha value is -2.04. The lowest BCUT2D eigenvalue weighted by Crippen LogP contribution is -2.61. The third kappa shape index (κ3) is 3.80. The number of carbonyl (C=O) groups is 2. The molecule has 0 aromatic heterocycles. The van der Waals surface area contributed by atoms with Crippen LogP contribution in [0.5, 0.6) is 5.75 Å². The molecule has 25 heavy (non-hydrogen) atoms. The van der Waals surface area contributed by atoms with Crippen LogP contribution in [0.25, 0.3) is 0 Å². The molecule has 1 aromatic rings. The number of benzene rings is 1. The highest BCUT2D eigenvalue weighted by atomic mass is 16.5. The Morgan fingerprint density at radius 1 is 1.28 bits per heavy atom. The van der Waals surface area contributed by atoms with Crippen molar-refractivity contribution in [2.45, 2.75) is 57.9 Å². The maximum atomic E-state index is 13.0. The monoisotopic (exact) mass is 347 g/mol. The average molecular weight is 347 g/mol. The van der Waals surface area contributed by atoms with Gasteiger partial charge in [0, 0.05) is 5.56 Å². The number of nitrogens with one attached hydrogen (secondary N) is 1. The third-order valence-electron chi connectivity index (χ3n) is 5.44. The van der Waals surface area contributed by atoms with E-state index in [-0.39, 0.29) is 17.8 Å². The van der Waals surface area contributed by atoms with E-state index < -0.39 is 11.5 Å². The van der Waals surface area contributed by atoms with Gasteiger partial charge >= 0.3 is 5.97 Å². The normalized spacial score (nSPS) is 24.3. The first-order valence-corrected chi connectivity index (χ1v) is 8.90. The molecule has 3 unspecified atom stereocenters. The summed E-state index contributed by atoms with van der Waals surface area (Å²) in [5.74, 6) is -0.222. The Bertz CT molecular complexity index is 643. The summed E-state index contributed by atoms with van der Waals surface area (Å²) in [6, 6.07) is 5.78. The van der Waals surface area contributed by atoms with Crippen LogP contribution < -0.4 is 10.1 Å². The Labute approximate surface area is 150 Å². The lowest BCUT2D eigenvalue weighted by molar-refractivity contribution is -0.155. The zero-order valence-corrected chi connectivity index (χ0v) is 15.8. The number of methoxy groups -OCH3 is 2. The molecular weight excluding hydrogens is 318 g/mol. The van der Waals surface area contributed by atoms with Crippen LogP contribution in [-0.4, -0.2) is 31.6 Å². The lowest BCUT2D eigenvalue weighted by Gasteiger charge is -2.41. The fourth-order valence-corrected chi connectivity index (χ4v) is 3.71. The van der Waals surface area contributed by atoms with Gasteiger partial charge in [-0.25, -0.2) is 4.79 Å². The van der Waals surface area contributed by atoms with Gasteiger partial charge in [-0.1, -0.05) is 31.9 Å². The highest BCUT2D eigenvalue weighted by molar-refractivity contribution is 5.91. The minimum Gasteiger partial charge on any atom is -0.496 e. The van der Waals surface area contributed by atoms with Crippen molar-refractivity contribution in [2.24, 2.45) is 5.92 Å². The van der Waals surface area contributed by atoms with Crippen LogP contribution in [0.4, 0.5) is 0 Å². The minimum atomic E-state index is -0.934. The number of hydrogen-bond donors (Lipinski definition) is 1. The Morgan fingerprint density at radius 3 is 2.60 bits per heavy atom. The highest BCUT2D eigenvalue weighted by Crippen LogP contribution is 2.36. The molecule has 1 saturated carbocycles. The van der Waals surface area contributed by atoms with Gasteiger partial charge in [-0.3, -0.25) is 4.79 Å². The molecule has 0 heterocycles. The van der Waals surface area contributed by atoms with Gasteiger partial charge in [-0.15, -0.1) is 0 Å². The molecule has 3 atom stereocenters. The molecule has 1 aromatic carbocycles. The first kappa shape index (κ1) is 19.3. The molecule has 1 fully saturated rings. The summed E-state index contributed by atoms with van der Waals surface area (Å²) < 4.78 is 10.5. The average Bonchev–Trinajstić information content (AvgIpc) is 2.62. The summed E-state index contributed by atoms with van der Waals surface area (Å²) in [5.41, 5.74) is 0.949. The summed E-state index contributed by atoms with van der Waals surface area (Å²) in [7, 11) is 2.98. The van der Waals surface area contributed by atoms with Gasteiger partial charge in [-0.2, -0.15) is 0 Å². The van der Waals surface area contributed by atoms with Crippen molar-refractivity contribution < 1.29 is 19.1 Å². The van der Waals surface area contributed by atoms with Crippen molar-refractivity contribution in [3.63, 3.8) is 0 Å². The fourth-order valence-electron chi connectivity index (χ4n) is 3.71. The molecular formula is C20H29NO4. The molecule has 0 spiro atoms. The minimum absolute atomic E-state index is 0.0461. The van der Waals surface area contributed by atoms with Gasteiger partial charge in [0.25, 0.3) is 0 Å². The van der Waals surface area contributed by atoms with E-state index in [1.54, 1.807) is 7.11 Å². The molecule has 0 saturated heterocycles. The van der Waals surface area contributed by atoms with Gasteiger partial charge in [0.05, 0.1) is 20.1 Å². The van der Waals surface area contributed by atoms with E-state index in [2.05, 4.69) is 5.32 Å². The molecule has 5 heteroatoms. The largest absolute Gasteiger partial charge is 0.496 e. The summed E-state index contributed by atoms with van der Waals surface area (Å²) in [5, 5.41) is 3.03. The van der Waals surface area contributed by atoms with E-state index in [0.29, 0.717) is 12.2 Å². The molecule has 1 N–H and O–H groups in total. The van der Waals surface area contributed by atoms with Crippen molar-refractivity contribution >= 4 is 11.9 Å². The van der Waals surface area contributed by atoms with E-state index in [1.165, 1.54) is 7.11 Å². The Balaban J connectivity index is 2.28. The van der Waals surface area contributed by atoms with Crippen molar-refractivity contribution in [1.29, 1.82) is 0 Å². The summed E-state index contributed by atoms with van der Waals surface area (Å²) in [6.07, 6.45) is 3.49. The summed E-state index contributed by atoms with van der Waals surface area (Å²) in [6.45, 7) is 5.82. The van der Waals surface area contributed by atoms with Crippen LogP contribution in [0.3, 0.4) is 0 Å². The van der Waals surface area contributed by atoms with Gasteiger partial charge in [-0.05, 0) is 44.2 Å². The Kier molecular flexibility index (Phi) is 6.09. The molecule has 0 bridgehead atoms. The SMILES string of the molecule is COC(=O)C1(NC(=O)C(C)c2ccc(C)cc2OC)CCCCC1C. The number of ether oxygens (including phenoxy) is 2. The number of aryl methyl sites for hydroxylation is 1. The van der Waals surface area contributed by atoms with Gasteiger partial charge in [0.15, 0.2) is 0 Å². The van der Waals surface area contributed by atoms with E-state index in [1.807, 2.05) is 39.0 Å². The first-order valence-electron chi connectivity index (χ1n) is 8.90. The van der Waals surface area contributed by atoms with Gasteiger partial charge in [0.2, 0.25) is 5.91 Å². The standard InChI is InChI=1S/C20H29NO4/c1-13-9-10-16(17(12-13)24-4)15(3)18(22)21-20(19(23)25-5)11-7-6-8-14(20)2/h9-10,12,14-15H,6-8,11H2,1-5H3,(H,21,22). The molecule has 2 rings (SSSR count). The number of amides is 1. The maximum Gasteiger partial charge on any atom is 0.331 e. The molecule has 0 radical (unpaired) electrons. The quantitative estimate of drug-likeness (QED) is 0.830. The van der Waals surface area contributed by atoms with Crippen LogP contribution in [-0.2, 0) is 14.3 Å². The van der Waals surface area contributed by atoms with Crippen molar-refractivity contribution in [3.8, 4) is 5.75 Å². The number of hydrogen-bond acceptors (Lipinski definition) is 4.